The Hall–Kier alpha value is -0.890. The zero-order chi connectivity index (χ0) is 11.0. The predicted molar refractivity (Wildman–Crippen MR) is 68.2 cm³/mol. The molecule has 14 heavy (non-hydrogen) atoms. The third-order valence-corrected chi connectivity index (χ3v) is 2.12. The molecular formula is C12H19NS. The lowest BCUT2D eigenvalue weighted by atomic mass is 10.1. The van der Waals surface area contributed by atoms with E-state index in [2.05, 4.69) is 19.1 Å². The molecule has 1 aromatic rings. The number of aryl methyl sites for hydroxylation is 1. The van der Waals surface area contributed by atoms with Crippen LogP contribution in [0.4, 0.5) is 0 Å². The summed E-state index contributed by atoms with van der Waals surface area (Å²) in [4.78, 5) is 0. The van der Waals surface area contributed by atoms with Gasteiger partial charge in [-0.1, -0.05) is 43.7 Å². The first-order valence-corrected chi connectivity index (χ1v) is 6.08. The summed E-state index contributed by atoms with van der Waals surface area (Å²) >= 11 is 1.62. The molecule has 0 amide bonds. The minimum atomic E-state index is 0.836. The van der Waals surface area contributed by atoms with Crippen molar-refractivity contribution in [2.45, 2.75) is 20.8 Å². The molecule has 0 saturated heterocycles. The molecule has 0 spiro atoms. The number of hydrogen-bond acceptors (Lipinski definition) is 2. The molecule has 78 valence electrons. The second kappa shape index (κ2) is 7.51. The Morgan fingerprint density at radius 1 is 1.21 bits per heavy atom. The Kier molecular flexibility index (Phi) is 7.03. The molecule has 0 aliphatic heterocycles. The van der Waals surface area contributed by atoms with Gasteiger partial charge in [0.25, 0.3) is 0 Å². The highest BCUT2D eigenvalue weighted by molar-refractivity contribution is 8.01. The summed E-state index contributed by atoms with van der Waals surface area (Å²) < 4.78 is 0. The van der Waals surface area contributed by atoms with Gasteiger partial charge in [0.1, 0.15) is 0 Å². The Bertz CT molecular complexity index is 275. The minimum absolute atomic E-state index is 0.836. The van der Waals surface area contributed by atoms with Crippen molar-refractivity contribution in [1.29, 1.82) is 0 Å². The molecule has 1 rings (SSSR count). The van der Waals surface area contributed by atoms with E-state index >= 15 is 0 Å². The van der Waals surface area contributed by atoms with E-state index in [1.54, 1.807) is 11.8 Å². The first-order chi connectivity index (χ1) is 6.74. The van der Waals surface area contributed by atoms with E-state index in [9.17, 15) is 0 Å². The molecule has 2 N–H and O–H groups in total. The van der Waals surface area contributed by atoms with Crippen LogP contribution in [0.25, 0.3) is 5.70 Å². The molecule has 0 aliphatic rings. The van der Waals surface area contributed by atoms with E-state index in [1.165, 1.54) is 5.56 Å². The highest BCUT2D eigenvalue weighted by Crippen LogP contribution is 2.12. The Morgan fingerprint density at radius 2 is 1.71 bits per heavy atom. The lowest BCUT2D eigenvalue weighted by Gasteiger charge is -2.00. The predicted octanol–water partition coefficient (Wildman–Crippen LogP) is 3.64. The maximum Gasteiger partial charge on any atom is 0.0451 e. The third-order valence-electron chi connectivity index (χ3n) is 1.63. The minimum Gasteiger partial charge on any atom is -0.398 e. The normalized spacial score (nSPS) is 10.4. The number of thioether (sulfide) groups is 1. The van der Waals surface area contributed by atoms with Crippen LogP contribution in [0, 0.1) is 6.92 Å². The highest BCUT2D eigenvalue weighted by atomic mass is 32.2. The molecule has 2 heteroatoms. The molecule has 1 nitrogen and oxygen atoms in total. The summed E-state index contributed by atoms with van der Waals surface area (Å²) in [6, 6.07) is 8.21. The lowest BCUT2D eigenvalue weighted by molar-refractivity contribution is 1.43. The van der Waals surface area contributed by atoms with Crippen LogP contribution in [-0.2, 0) is 0 Å². The topological polar surface area (TPSA) is 26.0 Å². The molecule has 1 aromatic carbocycles. The van der Waals surface area contributed by atoms with Crippen LogP contribution in [-0.4, -0.2) is 6.26 Å². The summed E-state index contributed by atoms with van der Waals surface area (Å²) in [5.74, 6) is 0. The Labute approximate surface area is 91.4 Å². The van der Waals surface area contributed by atoms with E-state index in [1.807, 2.05) is 37.6 Å². The Balaban J connectivity index is 0.000000791. The molecule has 0 aromatic heterocycles. The second-order valence-corrected chi connectivity index (χ2v) is 3.38. The second-order valence-electron chi connectivity index (χ2n) is 2.67. The van der Waals surface area contributed by atoms with E-state index in [0.717, 1.165) is 11.3 Å². The van der Waals surface area contributed by atoms with Gasteiger partial charge in [0.2, 0.25) is 0 Å². The first-order valence-electron chi connectivity index (χ1n) is 4.79. The van der Waals surface area contributed by atoms with Crippen molar-refractivity contribution in [3.05, 3.63) is 40.8 Å². The molecular weight excluding hydrogens is 190 g/mol. The van der Waals surface area contributed by atoms with E-state index in [4.69, 9.17) is 5.73 Å². The number of nitrogens with two attached hydrogens (primary N) is 1. The SMILES string of the molecule is CC.CS/C=C(\N)c1ccc(C)cc1. The van der Waals surface area contributed by atoms with E-state index in [-0.39, 0.29) is 0 Å². The van der Waals surface area contributed by atoms with E-state index in [0.29, 0.717) is 0 Å². The summed E-state index contributed by atoms with van der Waals surface area (Å²) in [7, 11) is 0. The van der Waals surface area contributed by atoms with Gasteiger partial charge in [-0.05, 0) is 24.2 Å². The average Bonchev–Trinajstić information content (AvgIpc) is 2.22. The quantitative estimate of drug-likeness (QED) is 0.804. The molecule has 0 heterocycles. The monoisotopic (exact) mass is 209 g/mol. The summed E-state index contributed by atoms with van der Waals surface area (Å²) in [6.07, 6.45) is 2.00. The van der Waals surface area contributed by atoms with Gasteiger partial charge in [-0.2, -0.15) is 0 Å². The first kappa shape index (κ1) is 13.1. The standard InChI is InChI=1S/C10H13NS.C2H6/c1-8-3-5-9(6-4-8)10(11)7-12-2;1-2/h3-7H,11H2,1-2H3;1-2H3/b10-7-;. The van der Waals surface area contributed by atoms with Crippen molar-refractivity contribution < 1.29 is 0 Å². The smallest absolute Gasteiger partial charge is 0.0451 e. The fourth-order valence-electron chi connectivity index (χ4n) is 0.941. The van der Waals surface area contributed by atoms with Crippen molar-refractivity contribution >= 4 is 17.5 Å². The highest BCUT2D eigenvalue weighted by Gasteiger charge is 1.93. The van der Waals surface area contributed by atoms with Crippen LogP contribution in [0.3, 0.4) is 0 Å². The fourth-order valence-corrected chi connectivity index (χ4v) is 1.33. The fraction of sp³-hybridized carbons (Fsp3) is 0.333. The van der Waals surface area contributed by atoms with Crippen LogP contribution in [0.5, 0.6) is 0 Å². The zero-order valence-electron chi connectivity index (χ0n) is 9.37. The van der Waals surface area contributed by atoms with Gasteiger partial charge in [0.15, 0.2) is 0 Å². The van der Waals surface area contributed by atoms with Gasteiger partial charge in [0.05, 0.1) is 0 Å². The van der Waals surface area contributed by atoms with Crippen molar-refractivity contribution in [2.24, 2.45) is 5.73 Å². The maximum atomic E-state index is 5.80. The van der Waals surface area contributed by atoms with Crippen LogP contribution in [0.15, 0.2) is 29.7 Å². The lowest BCUT2D eigenvalue weighted by Crippen LogP contribution is -1.94. The zero-order valence-corrected chi connectivity index (χ0v) is 10.2. The van der Waals surface area contributed by atoms with Gasteiger partial charge in [-0.15, -0.1) is 11.8 Å². The molecule has 0 bridgehead atoms. The van der Waals surface area contributed by atoms with Crippen molar-refractivity contribution in [3.63, 3.8) is 0 Å². The van der Waals surface area contributed by atoms with Gasteiger partial charge >= 0.3 is 0 Å². The average molecular weight is 209 g/mol. The summed E-state index contributed by atoms with van der Waals surface area (Å²) in [5.41, 5.74) is 8.98. The number of hydrogen-bond donors (Lipinski definition) is 1. The van der Waals surface area contributed by atoms with Gasteiger partial charge in [0, 0.05) is 5.70 Å². The van der Waals surface area contributed by atoms with Crippen molar-refractivity contribution in [3.8, 4) is 0 Å². The molecule has 0 atom stereocenters. The maximum absolute atomic E-state index is 5.80. The molecule has 0 unspecified atom stereocenters. The van der Waals surface area contributed by atoms with Crippen molar-refractivity contribution in [2.75, 3.05) is 6.26 Å². The third kappa shape index (κ3) is 4.38. The van der Waals surface area contributed by atoms with Crippen LogP contribution in [0.1, 0.15) is 25.0 Å². The van der Waals surface area contributed by atoms with Crippen LogP contribution < -0.4 is 5.73 Å². The summed E-state index contributed by atoms with van der Waals surface area (Å²) in [6.45, 7) is 6.07. The van der Waals surface area contributed by atoms with Gasteiger partial charge in [-0.25, -0.2) is 0 Å². The van der Waals surface area contributed by atoms with Crippen LogP contribution in [0.2, 0.25) is 0 Å². The molecule has 0 aliphatic carbocycles. The largest absolute Gasteiger partial charge is 0.398 e. The van der Waals surface area contributed by atoms with Crippen molar-refractivity contribution in [1.82, 2.24) is 0 Å². The molecule has 0 radical (unpaired) electrons. The molecule has 0 fully saturated rings. The van der Waals surface area contributed by atoms with Gasteiger partial charge < -0.3 is 5.73 Å². The number of rotatable bonds is 2. The van der Waals surface area contributed by atoms with Gasteiger partial charge in [-0.3, -0.25) is 0 Å². The Morgan fingerprint density at radius 3 is 2.14 bits per heavy atom. The van der Waals surface area contributed by atoms with Crippen LogP contribution >= 0.6 is 11.8 Å². The van der Waals surface area contributed by atoms with E-state index < -0.39 is 0 Å². The number of benzene rings is 1. The molecule has 0 saturated carbocycles. The summed E-state index contributed by atoms with van der Waals surface area (Å²) in [5, 5.41) is 1.95.